The fraction of sp³-hybridized carbons (Fsp3) is 0.238. The third-order valence-corrected chi connectivity index (χ3v) is 6.05. The summed E-state index contributed by atoms with van der Waals surface area (Å²) in [5.74, 6) is -0.725. The first kappa shape index (κ1) is 19.8. The summed E-state index contributed by atoms with van der Waals surface area (Å²) in [6, 6.07) is 13.9. The zero-order valence-corrected chi connectivity index (χ0v) is 16.8. The standard InChI is InChI=1S/C21H19N3O5S/c25-20(13-29-21(26)18-14-30-19-4-2-1-3-17(18)19)23-11-9-22(10-12-23)15-5-7-16(8-6-15)24(27)28/h1-8,14H,9-13H2. The Bertz CT molecular complexity index is 1090. The van der Waals surface area contributed by atoms with Crippen molar-refractivity contribution in [1.82, 2.24) is 4.90 Å². The second kappa shape index (κ2) is 8.50. The Morgan fingerprint density at radius 2 is 1.73 bits per heavy atom. The Balaban J connectivity index is 1.29. The van der Waals surface area contributed by atoms with E-state index in [0.29, 0.717) is 31.7 Å². The van der Waals surface area contributed by atoms with Crippen LogP contribution in [0.4, 0.5) is 11.4 Å². The van der Waals surface area contributed by atoms with E-state index < -0.39 is 10.9 Å². The molecule has 0 radical (unpaired) electrons. The number of non-ortho nitro benzene ring substituents is 1. The number of ether oxygens (including phenoxy) is 1. The van der Waals surface area contributed by atoms with Crippen molar-refractivity contribution in [2.24, 2.45) is 0 Å². The van der Waals surface area contributed by atoms with Crippen LogP contribution in [0, 0.1) is 10.1 Å². The molecule has 0 aliphatic carbocycles. The number of amides is 1. The van der Waals surface area contributed by atoms with Crippen LogP contribution in [0.25, 0.3) is 10.1 Å². The van der Waals surface area contributed by atoms with E-state index >= 15 is 0 Å². The number of carbonyl (C=O) groups is 2. The van der Waals surface area contributed by atoms with Crippen molar-refractivity contribution in [2.45, 2.75) is 0 Å². The molecule has 154 valence electrons. The number of nitrogens with zero attached hydrogens (tertiary/aromatic N) is 3. The first-order valence-corrected chi connectivity index (χ1v) is 10.3. The van der Waals surface area contributed by atoms with Gasteiger partial charge in [0.25, 0.3) is 11.6 Å². The van der Waals surface area contributed by atoms with E-state index in [2.05, 4.69) is 4.90 Å². The molecule has 4 rings (SSSR count). The summed E-state index contributed by atoms with van der Waals surface area (Å²) in [4.78, 5) is 38.9. The molecule has 0 saturated carbocycles. The van der Waals surface area contributed by atoms with Crippen LogP contribution in [0.2, 0.25) is 0 Å². The highest BCUT2D eigenvalue weighted by atomic mass is 32.1. The van der Waals surface area contributed by atoms with Gasteiger partial charge in [-0.3, -0.25) is 14.9 Å². The number of fused-ring (bicyclic) bond motifs is 1. The summed E-state index contributed by atoms with van der Waals surface area (Å²) in [6.07, 6.45) is 0. The summed E-state index contributed by atoms with van der Waals surface area (Å²) < 4.78 is 6.25. The molecule has 2 heterocycles. The van der Waals surface area contributed by atoms with E-state index in [-0.39, 0.29) is 18.2 Å². The largest absolute Gasteiger partial charge is 0.452 e. The van der Waals surface area contributed by atoms with Crippen LogP contribution in [0.15, 0.2) is 53.9 Å². The van der Waals surface area contributed by atoms with E-state index in [4.69, 9.17) is 4.74 Å². The summed E-state index contributed by atoms with van der Waals surface area (Å²) in [5.41, 5.74) is 1.41. The highest BCUT2D eigenvalue weighted by Crippen LogP contribution is 2.26. The van der Waals surface area contributed by atoms with Crippen molar-refractivity contribution >= 4 is 44.7 Å². The zero-order chi connectivity index (χ0) is 21.1. The molecule has 0 N–H and O–H groups in total. The Hall–Kier alpha value is -3.46. The first-order chi connectivity index (χ1) is 14.5. The minimum absolute atomic E-state index is 0.0489. The van der Waals surface area contributed by atoms with Crippen molar-refractivity contribution in [2.75, 3.05) is 37.7 Å². The molecule has 3 aromatic rings. The lowest BCUT2D eigenvalue weighted by Crippen LogP contribution is -2.49. The van der Waals surface area contributed by atoms with Gasteiger partial charge in [-0.05, 0) is 18.2 Å². The van der Waals surface area contributed by atoms with Gasteiger partial charge in [0.05, 0.1) is 10.5 Å². The van der Waals surface area contributed by atoms with Crippen LogP contribution in [0.1, 0.15) is 10.4 Å². The number of anilines is 1. The normalized spacial score (nSPS) is 14.0. The molecule has 1 saturated heterocycles. The summed E-state index contributed by atoms with van der Waals surface area (Å²) in [5, 5.41) is 13.3. The monoisotopic (exact) mass is 425 g/mol. The highest BCUT2D eigenvalue weighted by molar-refractivity contribution is 7.17. The quantitative estimate of drug-likeness (QED) is 0.354. The SMILES string of the molecule is O=C(OCC(=O)N1CCN(c2ccc([N+](=O)[O-])cc2)CC1)c1csc2ccccc12. The molecule has 1 aliphatic rings. The fourth-order valence-electron chi connectivity index (χ4n) is 3.43. The third-order valence-electron chi connectivity index (χ3n) is 5.09. The number of hydrogen-bond acceptors (Lipinski definition) is 7. The van der Waals surface area contributed by atoms with Gasteiger partial charge >= 0.3 is 5.97 Å². The molecule has 0 bridgehead atoms. The Morgan fingerprint density at radius 1 is 1.03 bits per heavy atom. The third kappa shape index (κ3) is 4.11. The van der Waals surface area contributed by atoms with Gasteiger partial charge in [-0.15, -0.1) is 11.3 Å². The maximum atomic E-state index is 12.5. The average Bonchev–Trinajstić information content (AvgIpc) is 3.22. The molecular formula is C21H19N3O5S. The topological polar surface area (TPSA) is 93.0 Å². The second-order valence-electron chi connectivity index (χ2n) is 6.86. The predicted octanol–water partition coefficient (Wildman–Crippen LogP) is 3.32. The van der Waals surface area contributed by atoms with Gasteiger partial charge in [0.1, 0.15) is 0 Å². The summed E-state index contributed by atoms with van der Waals surface area (Å²) in [6.45, 7) is 1.91. The van der Waals surface area contributed by atoms with Gasteiger partial charge in [-0.1, -0.05) is 18.2 Å². The van der Waals surface area contributed by atoms with Gasteiger partial charge in [0.15, 0.2) is 6.61 Å². The Labute approximate surface area is 176 Å². The number of benzene rings is 2. The molecule has 0 atom stereocenters. The molecular weight excluding hydrogens is 406 g/mol. The minimum Gasteiger partial charge on any atom is -0.452 e. The second-order valence-corrected chi connectivity index (χ2v) is 7.77. The van der Waals surface area contributed by atoms with Crippen LogP contribution < -0.4 is 4.90 Å². The molecule has 1 amide bonds. The van der Waals surface area contributed by atoms with Crippen LogP contribution in [-0.2, 0) is 9.53 Å². The van der Waals surface area contributed by atoms with Crippen LogP contribution in [0.3, 0.4) is 0 Å². The Morgan fingerprint density at radius 3 is 2.43 bits per heavy atom. The zero-order valence-electron chi connectivity index (χ0n) is 16.0. The lowest BCUT2D eigenvalue weighted by molar-refractivity contribution is -0.384. The van der Waals surface area contributed by atoms with Gasteiger partial charge in [0.2, 0.25) is 0 Å². The van der Waals surface area contributed by atoms with Gasteiger partial charge in [0, 0.05) is 59.5 Å². The smallest absolute Gasteiger partial charge is 0.340 e. The number of esters is 1. The number of rotatable bonds is 5. The Kier molecular flexibility index (Phi) is 5.62. The number of carbonyl (C=O) groups excluding carboxylic acids is 2. The highest BCUT2D eigenvalue weighted by Gasteiger charge is 2.23. The lowest BCUT2D eigenvalue weighted by Gasteiger charge is -2.36. The maximum Gasteiger partial charge on any atom is 0.340 e. The fourth-order valence-corrected chi connectivity index (χ4v) is 4.36. The van der Waals surface area contributed by atoms with Crippen molar-refractivity contribution in [1.29, 1.82) is 0 Å². The molecule has 0 unspecified atom stereocenters. The van der Waals surface area contributed by atoms with E-state index in [1.807, 2.05) is 24.3 Å². The average molecular weight is 425 g/mol. The molecule has 8 nitrogen and oxygen atoms in total. The lowest BCUT2D eigenvalue weighted by atomic mass is 10.2. The van der Waals surface area contributed by atoms with Crippen molar-refractivity contribution < 1.29 is 19.2 Å². The summed E-state index contributed by atoms with van der Waals surface area (Å²) in [7, 11) is 0. The molecule has 30 heavy (non-hydrogen) atoms. The minimum atomic E-state index is -0.495. The van der Waals surface area contributed by atoms with Crippen LogP contribution in [0.5, 0.6) is 0 Å². The van der Waals surface area contributed by atoms with E-state index in [1.165, 1.54) is 23.5 Å². The molecule has 1 aliphatic heterocycles. The summed E-state index contributed by atoms with van der Waals surface area (Å²) >= 11 is 1.47. The van der Waals surface area contributed by atoms with Gasteiger partial charge in [-0.2, -0.15) is 0 Å². The van der Waals surface area contributed by atoms with Gasteiger partial charge in [-0.25, -0.2) is 4.79 Å². The number of nitro groups is 1. The van der Waals surface area contributed by atoms with E-state index in [9.17, 15) is 19.7 Å². The van der Waals surface area contributed by atoms with Crippen molar-refractivity contribution in [3.63, 3.8) is 0 Å². The molecule has 0 spiro atoms. The number of piperazine rings is 1. The molecule has 1 fully saturated rings. The number of thiophene rings is 1. The number of hydrogen-bond donors (Lipinski definition) is 0. The van der Waals surface area contributed by atoms with Crippen LogP contribution >= 0.6 is 11.3 Å². The molecule has 2 aromatic carbocycles. The maximum absolute atomic E-state index is 12.5. The predicted molar refractivity (Wildman–Crippen MR) is 114 cm³/mol. The van der Waals surface area contributed by atoms with E-state index in [1.54, 1.807) is 22.4 Å². The van der Waals surface area contributed by atoms with Crippen LogP contribution in [-0.4, -0.2) is 54.5 Å². The van der Waals surface area contributed by atoms with Gasteiger partial charge < -0.3 is 14.5 Å². The van der Waals surface area contributed by atoms with Crippen molar-refractivity contribution in [3.05, 3.63) is 69.6 Å². The molecule has 9 heteroatoms. The molecule has 1 aromatic heterocycles. The van der Waals surface area contributed by atoms with E-state index in [0.717, 1.165) is 15.8 Å². The first-order valence-electron chi connectivity index (χ1n) is 9.43. The van der Waals surface area contributed by atoms with Crippen molar-refractivity contribution in [3.8, 4) is 0 Å². The number of nitro benzene ring substituents is 1.